The largest absolute Gasteiger partial charge is 0.478 e. The van der Waals surface area contributed by atoms with Crippen molar-refractivity contribution in [3.63, 3.8) is 0 Å². The lowest BCUT2D eigenvalue weighted by atomic mass is 9.90. The Morgan fingerprint density at radius 1 is 0.960 bits per heavy atom. The first-order valence-electron chi connectivity index (χ1n) is 8.70. The Balaban J connectivity index is 1.61. The van der Waals surface area contributed by atoms with Gasteiger partial charge in [-0.05, 0) is 60.1 Å². The number of aromatic carboxylic acids is 1. The highest BCUT2D eigenvalue weighted by Crippen LogP contribution is 2.22. The van der Waals surface area contributed by atoms with E-state index in [1.54, 1.807) is 36.2 Å². The van der Waals surface area contributed by atoms with Gasteiger partial charge < -0.3 is 10.0 Å². The van der Waals surface area contributed by atoms with Crippen LogP contribution < -0.4 is 0 Å². The van der Waals surface area contributed by atoms with Crippen molar-refractivity contribution >= 4 is 11.9 Å². The van der Waals surface area contributed by atoms with Gasteiger partial charge in [-0.2, -0.15) is 0 Å². The summed E-state index contributed by atoms with van der Waals surface area (Å²) in [7, 11) is 1.78. The number of carbonyl (C=O) groups is 2. The number of amides is 1. The molecule has 0 bridgehead atoms. The van der Waals surface area contributed by atoms with Crippen LogP contribution in [-0.4, -0.2) is 28.9 Å². The summed E-state index contributed by atoms with van der Waals surface area (Å²) in [6.45, 7) is 0.476. The predicted molar refractivity (Wildman–Crippen MR) is 96.7 cm³/mol. The van der Waals surface area contributed by atoms with Gasteiger partial charge in [0.25, 0.3) is 0 Å². The van der Waals surface area contributed by atoms with Crippen LogP contribution in [0.1, 0.15) is 45.5 Å². The fourth-order valence-electron chi connectivity index (χ4n) is 3.32. The molecule has 0 spiro atoms. The third kappa shape index (κ3) is 4.27. The molecule has 130 valence electrons. The number of nitrogens with zero attached hydrogens (tertiary/aromatic N) is 1. The first-order chi connectivity index (χ1) is 12.0. The topological polar surface area (TPSA) is 57.6 Å². The van der Waals surface area contributed by atoms with E-state index in [9.17, 15) is 9.59 Å². The molecule has 1 amide bonds. The molecule has 4 nitrogen and oxygen atoms in total. The molecule has 0 atom stereocenters. The fraction of sp³-hybridized carbons (Fsp3) is 0.333. The van der Waals surface area contributed by atoms with Crippen LogP contribution in [0.3, 0.4) is 0 Å². The first-order valence-corrected chi connectivity index (χ1v) is 8.70. The summed E-state index contributed by atoms with van der Waals surface area (Å²) in [5, 5.41) is 8.93. The molecule has 0 radical (unpaired) electrons. The van der Waals surface area contributed by atoms with Crippen LogP contribution in [0.25, 0.3) is 0 Å². The second-order valence-corrected chi connectivity index (χ2v) is 6.74. The number of rotatable bonds is 5. The Kier molecular flexibility index (Phi) is 5.17. The maximum absolute atomic E-state index is 12.5. The van der Waals surface area contributed by atoms with Gasteiger partial charge in [-0.1, -0.05) is 30.3 Å². The molecule has 0 heterocycles. The van der Waals surface area contributed by atoms with Crippen LogP contribution in [0.2, 0.25) is 0 Å². The highest BCUT2D eigenvalue weighted by molar-refractivity contribution is 5.87. The van der Waals surface area contributed by atoms with E-state index in [2.05, 4.69) is 18.2 Å². The quantitative estimate of drug-likeness (QED) is 0.909. The lowest BCUT2D eigenvalue weighted by molar-refractivity contribution is -0.129. The van der Waals surface area contributed by atoms with Crippen molar-refractivity contribution in [2.24, 2.45) is 0 Å². The van der Waals surface area contributed by atoms with Crippen LogP contribution >= 0.6 is 0 Å². The van der Waals surface area contributed by atoms with Crippen molar-refractivity contribution in [2.45, 2.75) is 38.6 Å². The second-order valence-electron chi connectivity index (χ2n) is 6.74. The minimum absolute atomic E-state index is 0.0677. The van der Waals surface area contributed by atoms with E-state index >= 15 is 0 Å². The summed E-state index contributed by atoms with van der Waals surface area (Å²) < 4.78 is 0. The molecule has 2 aromatic carbocycles. The van der Waals surface area contributed by atoms with Gasteiger partial charge in [0.05, 0.1) is 12.0 Å². The van der Waals surface area contributed by atoms with E-state index in [4.69, 9.17) is 5.11 Å². The lowest BCUT2D eigenvalue weighted by Crippen LogP contribution is -2.27. The predicted octanol–water partition coefficient (Wildman–Crippen LogP) is 3.46. The van der Waals surface area contributed by atoms with E-state index in [1.165, 1.54) is 24.0 Å². The van der Waals surface area contributed by atoms with Crippen LogP contribution in [0, 0.1) is 0 Å². The third-order valence-electron chi connectivity index (χ3n) is 4.81. The number of aryl methyl sites for hydroxylation is 2. The van der Waals surface area contributed by atoms with Gasteiger partial charge in [-0.3, -0.25) is 4.79 Å². The van der Waals surface area contributed by atoms with Gasteiger partial charge in [-0.25, -0.2) is 4.79 Å². The summed E-state index contributed by atoms with van der Waals surface area (Å²) in [5.74, 6) is -0.874. The van der Waals surface area contributed by atoms with Crippen LogP contribution in [0.4, 0.5) is 0 Å². The molecule has 0 aromatic heterocycles. The number of fused-ring (bicyclic) bond motifs is 1. The second kappa shape index (κ2) is 7.51. The lowest BCUT2D eigenvalue weighted by Gasteiger charge is -2.19. The summed E-state index contributed by atoms with van der Waals surface area (Å²) in [6.07, 6.45) is 5.15. The molecular formula is C21H23NO3. The molecule has 2 aromatic rings. The number of carbonyl (C=O) groups excluding carboxylic acids is 1. The number of carboxylic acids is 1. The SMILES string of the molecule is CN(Cc1ccc(C(=O)O)cc1)C(=O)Cc1ccc2c(c1)CCCC2. The zero-order valence-corrected chi connectivity index (χ0v) is 14.5. The van der Waals surface area contributed by atoms with Gasteiger partial charge in [-0.15, -0.1) is 0 Å². The molecule has 1 N–H and O–H groups in total. The molecular weight excluding hydrogens is 314 g/mol. The van der Waals surface area contributed by atoms with Gasteiger partial charge >= 0.3 is 5.97 Å². The number of hydrogen-bond acceptors (Lipinski definition) is 2. The first kappa shape index (κ1) is 17.2. The smallest absolute Gasteiger partial charge is 0.335 e. The monoisotopic (exact) mass is 337 g/mol. The molecule has 0 aliphatic heterocycles. The van der Waals surface area contributed by atoms with Gasteiger partial charge in [0.1, 0.15) is 0 Å². The Bertz CT molecular complexity index is 780. The van der Waals surface area contributed by atoms with Crippen LogP contribution in [0.5, 0.6) is 0 Å². The summed E-state index contributed by atoms with van der Waals surface area (Å²) in [5.41, 5.74) is 5.06. The van der Waals surface area contributed by atoms with Crippen molar-refractivity contribution in [3.05, 3.63) is 70.3 Å². The number of carboxylic acid groups (broad SMARTS) is 1. The van der Waals surface area contributed by atoms with Crippen molar-refractivity contribution in [1.29, 1.82) is 0 Å². The van der Waals surface area contributed by atoms with Gasteiger partial charge in [0.2, 0.25) is 5.91 Å². The molecule has 1 aliphatic rings. The maximum atomic E-state index is 12.5. The highest BCUT2D eigenvalue weighted by atomic mass is 16.4. The molecule has 0 saturated heterocycles. The average Bonchev–Trinajstić information content (AvgIpc) is 2.62. The zero-order chi connectivity index (χ0) is 17.8. The van der Waals surface area contributed by atoms with Crippen molar-refractivity contribution in [3.8, 4) is 0 Å². The average molecular weight is 337 g/mol. The fourth-order valence-corrected chi connectivity index (χ4v) is 3.32. The van der Waals surface area contributed by atoms with E-state index in [1.807, 2.05) is 0 Å². The van der Waals surface area contributed by atoms with Crippen LogP contribution in [0.15, 0.2) is 42.5 Å². The van der Waals surface area contributed by atoms with Crippen molar-refractivity contribution in [1.82, 2.24) is 4.90 Å². The maximum Gasteiger partial charge on any atom is 0.335 e. The highest BCUT2D eigenvalue weighted by Gasteiger charge is 2.14. The number of hydrogen-bond donors (Lipinski definition) is 1. The van der Waals surface area contributed by atoms with Crippen molar-refractivity contribution in [2.75, 3.05) is 7.05 Å². The van der Waals surface area contributed by atoms with E-state index in [-0.39, 0.29) is 11.5 Å². The summed E-state index contributed by atoms with van der Waals surface area (Å²) in [6, 6.07) is 13.1. The number of benzene rings is 2. The minimum atomic E-state index is -0.941. The molecule has 3 rings (SSSR count). The summed E-state index contributed by atoms with van der Waals surface area (Å²) in [4.78, 5) is 25.1. The standard InChI is InChI=1S/C21H23NO3/c1-22(14-15-6-10-18(11-7-15)21(24)25)20(23)13-16-8-9-17-4-2-3-5-19(17)12-16/h6-12H,2-5,13-14H2,1H3,(H,24,25). The molecule has 0 saturated carbocycles. The number of likely N-dealkylation sites (N-methyl/N-ethyl adjacent to an activating group) is 1. The Morgan fingerprint density at radius 3 is 2.28 bits per heavy atom. The van der Waals surface area contributed by atoms with E-state index < -0.39 is 5.97 Å². The van der Waals surface area contributed by atoms with E-state index in [0.29, 0.717) is 13.0 Å². The van der Waals surface area contributed by atoms with Crippen molar-refractivity contribution < 1.29 is 14.7 Å². The Labute approximate surface area is 148 Å². The molecule has 0 unspecified atom stereocenters. The Morgan fingerprint density at radius 2 is 1.60 bits per heavy atom. The minimum Gasteiger partial charge on any atom is -0.478 e. The Hall–Kier alpha value is -2.62. The molecule has 4 heteroatoms. The zero-order valence-electron chi connectivity index (χ0n) is 14.5. The normalized spacial score (nSPS) is 13.2. The third-order valence-corrected chi connectivity index (χ3v) is 4.81. The molecule has 25 heavy (non-hydrogen) atoms. The summed E-state index contributed by atoms with van der Waals surface area (Å²) >= 11 is 0. The molecule has 0 fully saturated rings. The van der Waals surface area contributed by atoms with Gasteiger partial charge in [0.15, 0.2) is 0 Å². The van der Waals surface area contributed by atoms with Crippen LogP contribution in [-0.2, 0) is 30.6 Å². The molecule has 1 aliphatic carbocycles. The van der Waals surface area contributed by atoms with E-state index in [0.717, 1.165) is 24.0 Å². The van der Waals surface area contributed by atoms with Gasteiger partial charge in [0, 0.05) is 13.6 Å².